The highest BCUT2D eigenvalue weighted by molar-refractivity contribution is 5.92. The predicted octanol–water partition coefficient (Wildman–Crippen LogP) is 0.795. The van der Waals surface area contributed by atoms with Gasteiger partial charge < -0.3 is 4.90 Å². The normalized spacial score (nSPS) is 20.4. The molecule has 0 radical (unpaired) electrons. The van der Waals surface area contributed by atoms with Crippen LogP contribution in [-0.2, 0) is 7.05 Å². The lowest BCUT2D eigenvalue weighted by atomic mass is 10.0. The van der Waals surface area contributed by atoms with E-state index in [2.05, 4.69) is 12.0 Å². The van der Waals surface area contributed by atoms with E-state index in [1.165, 1.54) is 23.2 Å². The molecular formula is C12H17N3O2. The second-order valence-electron chi connectivity index (χ2n) is 4.52. The lowest BCUT2D eigenvalue weighted by molar-refractivity contribution is 0.0627. The third-order valence-corrected chi connectivity index (χ3v) is 3.24. The van der Waals surface area contributed by atoms with Crippen LogP contribution in [0.3, 0.4) is 0 Å². The molecule has 1 atom stereocenters. The molecule has 0 bridgehead atoms. The van der Waals surface area contributed by atoms with E-state index in [9.17, 15) is 9.59 Å². The van der Waals surface area contributed by atoms with Crippen molar-refractivity contribution in [2.45, 2.75) is 32.2 Å². The third kappa shape index (κ3) is 2.38. The number of piperidine rings is 1. The van der Waals surface area contributed by atoms with Crippen LogP contribution in [0.15, 0.2) is 16.9 Å². The van der Waals surface area contributed by atoms with Crippen molar-refractivity contribution in [2.75, 3.05) is 6.54 Å². The first kappa shape index (κ1) is 11.8. The second kappa shape index (κ2) is 4.69. The number of nitrogens with zero attached hydrogens (tertiary/aromatic N) is 3. The first-order valence-electron chi connectivity index (χ1n) is 5.95. The fourth-order valence-corrected chi connectivity index (χ4v) is 2.16. The summed E-state index contributed by atoms with van der Waals surface area (Å²) in [5.41, 5.74) is 0.147. The van der Waals surface area contributed by atoms with Crippen LogP contribution in [0.5, 0.6) is 0 Å². The van der Waals surface area contributed by atoms with Gasteiger partial charge in [0, 0.05) is 25.7 Å². The molecule has 1 fully saturated rings. The zero-order valence-electron chi connectivity index (χ0n) is 10.2. The molecule has 0 aliphatic carbocycles. The maximum atomic E-state index is 12.2. The molecule has 0 N–H and O–H groups in total. The summed E-state index contributed by atoms with van der Waals surface area (Å²) < 4.78 is 1.20. The zero-order valence-corrected chi connectivity index (χ0v) is 10.2. The Morgan fingerprint density at radius 2 is 2.18 bits per heavy atom. The molecule has 1 amide bonds. The Bertz CT molecular complexity index is 481. The minimum absolute atomic E-state index is 0.0761. The highest BCUT2D eigenvalue weighted by atomic mass is 16.2. The Labute approximate surface area is 100 Å². The number of likely N-dealkylation sites (tertiary alicyclic amines) is 1. The number of aromatic nitrogens is 2. The molecule has 1 aliphatic rings. The van der Waals surface area contributed by atoms with E-state index in [1.807, 2.05) is 4.90 Å². The zero-order chi connectivity index (χ0) is 12.4. The fraction of sp³-hybridized carbons (Fsp3) is 0.583. The highest BCUT2D eigenvalue weighted by Crippen LogP contribution is 2.18. The topological polar surface area (TPSA) is 55.2 Å². The summed E-state index contributed by atoms with van der Waals surface area (Å²) in [6.07, 6.45) is 3.25. The van der Waals surface area contributed by atoms with E-state index < -0.39 is 0 Å². The number of hydrogen-bond acceptors (Lipinski definition) is 3. The summed E-state index contributed by atoms with van der Waals surface area (Å²) in [7, 11) is 1.55. The van der Waals surface area contributed by atoms with Crippen molar-refractivity contribution in [2.24, 2.45) is 7.05 Å². The Morgan fingerprint density at radius 3 is 2.82 bits per heavy atom. The Hall–Kier alpha value is -1.65. The first-order chi connectivity index (χ1) is 8.09. The smallest absolute Gasteiger partial charge is 0.274 e. The van der Waals surface area contributed by atoms with Gasteiger partial charge in [-0.1, -0.05) is 0 Å². The van der Waals surface area contributed by atoms with E-state index >= 15 is 0 Å². The van der Waals surface area contributed by atoms with Gasteiger partial charge in [0.15, 0.2) is 0 Å². The van der Waals surface area contributed by atoms with Crippen molar-refractivity contribution < 1.29 is 4.79 Å². The second-order valence-corrected chi connectivity index (χ2v) is 4.52. The standard InChI is InChI=1S/C12H17N3O2/c1-9-5-3-4-8-15(9)12(17)10-6-7-11(16)14(2)13-10/h6-7,9H,3-5,8H2,1-2H3. The van der Waals surface area contributed by atoms with Gasteiger partial charge in [0.1, 0.15) is 5.69 Å². The van der Waals surface area contributed by atoms with Crippen molar-refractivity contribution in [3.8, 4) is 0 Å². The van der Waals surface area contributed by atoms with Gasteiger partial charge in [0.2, 0.25) is 0 Å². The van der Waals surface area contributed by atoms with Crippen LogP contribution in [0.4, 0.5) is 0 Å². The molecule has 2 rings (SSSR count). The molecule has 0 aromatic carbocycles. The molecule has 1 saturated heterocycles. The van der Waals surface area contributed by atoms with Gasteiger partial charge >= 0.3 is 0 Å². The van der Waals surface area contributed by atoms with Crippen molar-refractivity contribution in [1.82, 2.24) is 14.7 Å². The number of carbonyl (C=O) groups is 1. The van der Waals surface area contributed by atoms with Crippen molar-refractivity contribution >= 4 is 5.91 Å². The molecule has 1 aliphatic heterocycles. The van der Waals surface area contributed by atoms with Crippen LogP contribution in [-0.4, -0.2) is 33.2 Å². The maximum Gasteiger partial charge on any atom is 0.274 e. The molecule has 17 heavy (non-hydrogen) atoms. The van der Waals surface area contributed by atoms with Gasteiger partial charge in [-0.05, 0) is 32.3 Å². The molecule has 92 valence electrons. The molecule has 5 heteroatoms. The molecule has 2 heterocycles. The molecule has 0 spiro atoms. The quantitative estimate of drug-likeness (QED) is 0.723. The van der Waals surface area contributed by atoms with Gasteiger partial charge in [-0.25, -0.2) is 4.68 Å². The molecule has 1 aromatic heterocycles. The Kier molecular flexibility index (Phi) is 3.26. The van der Waals surface area contributed by atoms with Crippen molar-refractivity contribution in [3.63, 3.8) is 0 Å². The lowest BCUT2D eigenvalue weighted by Gasteiger charge is -2.33. The highest BCUT2D eigenvalue weighted by Gasteiger charge is 2.25. The summed E-state index contributed by atoms with van der Waals surface area (Å²) in [6.45, 7) is 2.84. The van der Waals surface area contributed by atoms with Crippen LogP contribution in [0.1, 0.15) is 36.7 Å². The third-order valence-electron chi connectivity index (χ3n) is 3.24. The van der Waals surface area contributed by atoms with Gasteiger partial charge in [-0.2, -0.15) is 5.10 Å². The molecule has 0 saturated carbocycles. The van der Waals surface area contributed by atoms with Crippen LogP contribution in [0.2, 0.25) is 0 Å². The van der Waals surface area contributed by atoms with Crippen molar-refractivity contribution in [1.29, 1.82) is 0 Å². The minimum atomic E-state index is -0.201. The average molecular weight is 235 g/mol. The van der Waals surface area contributed by atoms with Crippen LogP contribution < -0.4 is 5.56 Å². The molecule has 5 nitrogen and oxygen atoms in total. The van der Waals surface area contributed by atoms with E-state index in [-0.39, 0.29) is 17.5 Å². The van der Waals surface area contributed by atoms with Crippen LogP contribution >= 0.6 is 0 Å². The van der Waals surface area contributed by atoms with Gasteiger partial charge in [0.05, 0.1) is 0 Å². The monoisotopic (exact) mass is 235 g/mol. The van der Waals surface area contributed by atoms with Crippen molar-refractivity contribution in [3.05, 3.63) is 28.2 Å². The first-order valence-corrected chi connectivity index (χ1v) is 5.95. The number of amides is 1. The summed E-state index contributed by atoms with van der Waals surface area (Å²) in [5.74, 6) is -0.0761. The summed E-state index contributed by atoms with van der Waals surface area (Å²) >= 11 is 0. The van der Waals surface area contributed by atoms with E-state index in [0.29, 0.717) is 5.69 Å². The fourth-order valence-electron chi connectivity index (χ4n) is 2.16. The van der Waals surface area contributed by atoms with E-state index in [1.54, 1.807) is 7.05 Å². The number of rotatable bonds is 1. The Morgan fingerprint density at radius 1 is 1.41 bits per heavy atom. The van der Waals surface area contributed by atoms with Gasteiger partial charge in [0.25, 0.3) is 11.5 Å². The maximum absolute atomic E-state index is 12.2. The summed E-state index contributed by atoms with van der Waals surface area (Å²) in [5, 5.41) is 4.00. The molecule has 1 unspecified atom stereocenters. The Balaban J connectivity index is 2.23. The van der Waals surface area contributed by atoms with Crippen LogP contribution in [0, 0.1) is 0 Å². The molecule has 1 aromatic rings. The lowest BCUT2D eigenvalue weighted by Crippen LogP contribution is -2.42. The minimum Gasteiger partial charge on any atom is -0.335 e. The van der Waals surface area contributed by atoms with E-state index in [4.69, 9.17) is 0 Å². The number of carbonyl (C=O) groups excluding carboxylic acids is 1. The summed E-state index contributed by atoms with van der Waals surface area (Å²) in [4.78, 5) is 25.3. The van der Waals surface area contributed by atoms with Gasteiger partial charge in [-0.15, -0.1) is 0 Å². The predicted molar refractivity (Wildman–Crippen MR) is 63.8 cm³/mol. The van der Waals surface area contributed by atoms with E-state index in [0.717, 1.165) is 19.4 Å². The van der Waals surface area contributed by atoms with Gasteiger partial charge in [-0.3, -0.25) is 9.59 Å². The summed E-state index contributed by atoms with van der Waals surface area (Å²) in [6, 6.07) is 3.15. The SMILES string of the molecule is CC1CCCCN1C(=O)c1ccc(=O)n(C)n1. The molecular weight excluding hydrogens is 218 g/mol. The average Bonchev–Trinajstić information content (AvgIpc) is 2.32. The largest absolute Gasteiger partial charge is 0.335 e. The number of aryl methyl sites for hydroxylation is 1. The number of hydrogen-bond donors (Lipinski definition) is 0. The van der Waals surface area contributed by atoms with Crippen LogP contribution in [0.25, 0.3) is 0 Å².